The van der Waals surface area contributed by atoms with E-state index in [0.717, 1.165) is 25.8 Å². The fourth-order valence-electron chi connectivity index (χ4n) is 1.97. The van der Waals surface area contributed by atoms with Gasteiger partial charge in [0.05, 0.1) is 0 Å². The zero-order chi connectivity index (χ0) is 13.4. The molecular formula is C16H22BrN. The van der Waals surface area contributed by atoms with Crippen LogP contribution in [0.25, 0.3) is 0 Å². The molecule has 1 atom stereocenters. The molecule has 1 aromatic carbocycles. The lowest BCUT2D eigenvalue weighted by atomic mass is 10.00. The van der Waals surface area contributed by atoms with Gasteiger partial charge in [0.15, 0.2) is 0 Å². The molecule has 0 aromatic heterocycles. The molecule has 1 nitrogen and oxygen atoms in total. The Labute approximate surface area is 119 Å². The second-order valence-electron chi connectivity index (χ2n) is 4.45. The molecule has 1 unspecified atom stereocenters. The maximum absolute atomic E-state index is 3.71. The minimum atomic E-state index is 0.389. The monoisotopic (exact) mass is 307 g/mol. The number of benzene rings is 1. The van der Waals surface area contributed by atoms with Crippen LogP contribution in [0.5, 0.6) is 0 Å². The number of halogens is 1. The number of nitrogens with one attached hydrogen (secondary N) is 1. The highest BCUT2D eigenvalue weighted by molar-refractivity contribution is 9.10. The average molecular weight is 308 g/mol. The molecule has 0 aliphatic rings. The van der Waals surface area contributed by atoms with Gasteiger partial charge in [-0.25, -0.2) is 0 Å². The van der Waals surface area contributed by atoms with Gasteiger partial charge in [-0.3, -0.25) is 0 Å². The van der Waals surface area contributed by atoms with Crippen LogP contribution < -0.4 is 5.32 Å². The third kappa shape index (κ3) is 4.48. The molecule has 0 radical (unpaired) electrons. The fraction of sp³-hybridized carbons (Fsp3) is 0.500. The summed E-state index contributed by atoms with van der Waals surface area (Å²) in [5, 5.41) is 3.61. The minimum absolute atomic E-state index is 0.389. The maximum Gasteiger partial charge on any atom is 0.0340 e. The Morgan fingerprint density at radius 2 is 2.17 bits per heavy atom. The van der Waals surface area contributed by atoms with Crippen LogP contribution in [0.4, 0.5) is 0 Å². The fourth-order valence-corrected chi connectivity index (χ4v) is 2.51. The van der Waals surface area contributed by atoms with Crippen molar-refractivity contribution >= 4 is 15.9 Å². The Morgan fingerprint density at radius 1 is 1.39 bits per heavy atom. The van der Waals surface area contributed by atoms with Gasteiger partial charge in [-0.05, 0) is 44.4 Å². The lowest BCUT2D eigenvalue weighted by molar-refractivity contribution is 0.503. The summed E-state index contributed by atoms with van der Waals surface area (Å²) in [6, 6.07) is 6.85. The molecule has 0 fully saturated rings. The van der Waals surface area contributed by atoms with E-state index in [0.29, 0.717) is 6.04 Å². The Morgan fingerprint density at radius 3 is 2.83 bits per heavy atom. The molecule has 0 bridgehead atoms. The summed E-state index contributed by atoms with van der Waals surface area (Å²) in [4.78, 5) is 0. The average Bonchev–Trinajstić information content (AvgIpc) is 2.37. The first-order valence-corrected chi connectivity index (χ1v) is 7.38. The normalized spacial score (nSPS) is 11.8. The van der Waals surface area contributed by atoms with Crippen molar-refractivity contribution in [3.63, 3.8) is 0 Å². The van der Waals surface area contributed by atoms with Gasteiger partial charge in [0, 0.05) is 16.9 Å². The van der Waals surface area contributed by atoms with Gasteiger partial charge in [-0.15, -0.1) is 11.8 Å². The molecule has 0 spiro atoms. The minimum Gasteiger partial charge on any atom is -0.310 e. The predicted molar refractivity (Wildman–Crippen MR) is 82.6 cm³/mol. The second kappa shape index (κ2) is 8.34. The van der Waals surface area contributed by atoms with Crippen molar-refractivity contribution in [1.82, 2.24) is 5.32 Å². The molecule has 0 amide bonds. The quantitative estimate of drug-likeness (QED) is 0.757. The van der Waals surface area contributed by atoms with Gasteiger partial charge >= 0.3 is 0 Å². The van der Waals surface area contributed by atoms with Gasteiger partial charge in [0.1, 0.15) is 0 Å². The highest BCUT2D eigenvalue weighted by Crippen LogP contribution is 2.29. The van der Waals surface area contributed by atoms with Crippen molar-refractivity contribution in [2.75, 3.05) is 6.54 Å². The van der Waals surface area contributed by atoms with Gasteiger partial charge in [-0.2, -0.15) is 0 Å². The molecule has 98 valence electrons. The van der Waals surface area contributed by atoms with E-state index in [-0.39, 0.29) is 0 Å². The number of hydrogen-bond acceptors (Lipinski definition) is 1. The zero-order valence-corrected chi connectivity index (χ0v) is 13.1. The van der Waals surface area contributed by atoms with Gasteiger partial charge in [0.2, 0.25) is 0 Å². The van der Waals surface area contributed by atoms with E-state index < -0.39 is 0 Å². The molecule has 0 aliphatic carbocycles. The van der Waals surface area contributed by atoms with Crippen LogP contribution in [0.2, 0.25) is 0 Å². The summed E-state index contributed by atoms with van der Waals surface area (Å²) in [5.41, 5.74) is 2.64. The zero-order valence-electron chi connectivity index (χ0n) is 11.5. The van der Waals surface area contributed by atoms with E-state index in [1.54, 1.807) is 0 Å². The summed E-state index contributed by atoms with van der Waals surface area (Å²) in [6.45, 7) is 7.28. The summed E-state index contributed by atoms with van der Waals surface area (Å²) < 4.78 is 1.23. The first-order valence-electron chi connectivity index (χ1n) is 6.58. The van der Waals surface area contributed by atoms with Crippen molar-refractivity contribution in [2.45, 2.75) is 46.1 Å². The van der Waals surface area contributed by atoms with Crippen LogP contribution in [0.1, 0.15) is 50.3 Å². The molecular weight excluding hydrogens is 286 g/mol. The Bertz CT molecular complexity index is 428. The lowest BCUT2D eigenvalue weighted by Gasteiger charge is -2.20. The summed E-state index contributed by atoms with van der Waals surface area (Å²) in [5.74, 6) is 6.12. The third-order valence-electron chi connectivity index (χ3n) is 2.97. The molecule has 18 heavy (non-hydrogen) atoms. The Hall–Kier alpha value is -0.780. The Balaban J connectivity index is 2.85. The molecule has 1 rings (SSSR count). The molecule has 0 heterocycles. The number of rotatable bonds is 6. The van der Waals surface area contributed by atoms with Gasteiger partial charge < -0.3 is 5.32 Å². The van der Waals surface area contributed by atoms with Crippen LogP contribution in [-0.4, -0.2) is 6.54 Å². The highest BCUT2D eigenvalue weighted by atomic mass is 79.9. The molecule has 0 aliphatic heterocycles. The van der Waals surface area contributed by atoms with Gasteiger partial charge in [0.25, 0.3) is 0 Å². The van der Waals surface area contributed by atoms with Crippen molar-refractivity contribution in [1.29, 1.82) is 0 Å². The SMILES string of the molecule is CC#CCCC(NCCC)c1cccc(C)c1Br. The molecule has 1 aromatic rings. The van der Waals surface area contributed by atoms with E-state index in [9.17, 15) is 0 Å². The van der Waals surface area contributed by atoms with Gasteiger partial charge in [-0.1, -0.05) is 41.1 Å². The van der Waals surface area contributed by atoms with Crippen LogP contribution in [-0.2, 0) is 0 Å². The number of aryl methyl sites for hydroxylation is 1. The van der Waals surface area contributed by atoms with Crippen LogP contribution in [0.3, 0.4) is 0 Å². The van der Waals surface area contributed by atoms with E-state index in [1.807, 2.05) is 6.92 Å². The molecule has 0 saturated heterocycles. The number of hydrogen-bond donors (Lipinski definition) is 1. The van der Waals surface area contributed by atoms with Crippen molar-refractivity contribution < 1.29 is 0 Å². The standard InChI is InChI=1S/C16H22BrN/c1-4-6-7-11-15(18-12-5-2)14-10-8-9-13(3)16(14)17/h8-10,15,18H,5,7,11-12H2,1-3H3. The molecule has 1 N–H and O–H groups in total. The summed E-state index contributed by atoms with van der Waals surface area (Å²) in [6.07, 6.45) is 3.15. The molecule has 0 saturated carbocycles. The van der Waals surface area contributed by atoms with Crippen LogP contribution in [0, 0.1) is 18.8 Å². The predicted octanol–water partition coefficient (Wildman–Crippen LogP) is 4.60. The van der Waals surface area contributed by atoms with Crippen LogP contribution in [0.15, 0.2) is 22.7 Å². The van der Waals surface area contributed by atoms with Crippen LogP contribution >= 0.6 is 15.9 Å². The van der Waals surface area contributed by atoms with Crippen molar-refractivity contribution in [3.05, 3.63) is 33.8 Å². The maximum atomic E-state index is 3.71. The van der Waals surface area contributed by atoms with E-state index in [2.05, 4.69) is 65.1 Å². The third-order valence-corrected chi connectivity index (χ3v) is 4.06. The van der Waals surface area contributed by atoms with E-state index in [4.69, 9.17) is 0 Å². The van der Waals surface area contributed by atoms with E-state index >= 15 is 0 Å². The second-order valence-corrected chi connectivity index (χ2v) is 5.24. The highest BCUT2D eigenvalue weighted by Gasteiger charge is 2.13. The largest absolute Gasteiger partial charge is 0.310 e. The van der Waals surface area contributed by atoms with E-state index in [1.165, 1.54) is 15.6 Å². The van der Waals surface area contributed by atoms with Crippen molar-refractivity contribution in [2.24, 2.45) is 0 Å². The lowest BCUT2D eigenvalue weighted by Crippen LogP contribution is -2.22. The summed E-state index contributed by atoms with van der Waals surface area (Å²) in [7, 11) is 0. The topological polar surface area (TPSA) is 12.0 Å². The first-order chi connectivity index (χ1) is 8.70. The molecule has 2 heteroatoms. The summed E-state index contributed by atoms with van der Waals surface area (Å²) >= 11 is 3.71. The smallest absolute Gasteiger partial charge is 0.0340 e. The first kappa shape index (κ1) is 15.3. The Kier molecular flexibility index (Phi) is 7.08. The van der Waals surface area contributed by atoms with Crippen molar-refractivity contribution in [3.8, 4) is 11.8 Å².